The first-order valence-electron chi connectivity index (χ1n) is 4.40. The molecular weight excluding hydrogens is 221 g/mol. The smallest absolute Gasteiger partial charge is 0.0856 e. The summed E-state index contributed by atoms with van der Waals surface area (Å²) < 4.78 is 0. The van der Waals surface area contributed by atoms with Gasteiger partial charge in [0.25, 0.3) is 0 Å². The zero-order valence-electron chi connectivity index (χ0n) is 7.87. The summed E-state index contributed by atoms with van der Waals surface area (Å²) in [5.41, 5.74) is 6.03. The molecule has 0 fully saturated rings. The van der Waals surface area contributed by atoms with Crippen molar-refractivity contribution in [2.75, 3.05) is 6.54 Å². The third kappa shape index (κ3) is 2.39. The maximum atomic E-state index is 9.90. The van der Waals surface area contributed by atoms with E-state index in [1.165, 1.54) is 0 Å². The van der Waals surface area contributed by atoms with Crippen LogP contribution in [0.25, 0.3) is 0 Å². The van der Waals surface area contributed by atoms with Gasteiger partial charge in [0.15, 0.2) is 0 Å². The Bertz CT molecular complexity index is 297. The third-order valence-corrected chi connectivity index (χ3v) is 2.87. The van der Waals surface area contributed by atoms with Gasteiger partial charge in [-0.05, 0) is 24.6 Å². The zero-order valence-corrected chi connectivity index (χ0v) is 9.39. The van der Waals surface area contributed by atoms with E-state index in [9.17, 15) is 5.11 Å². The highest BCUT2D eigenvalue weighted by molar-refractivity contribution is 6.36. The van der Waals surface area contributed by atoms with E-state index in [1.54, 1.807) is 18.2 Å². The molecule has 0 heterocycles. The maximum absolute atomic E-state index is 9.90. The van der Waals surface area contributed by atoms with Crippen molar-refractivity contribution in [3.8, 4) is 0 Å². The fraction of sp³-hybridized carbons (Fsp3) is 0.400. The minimum absolute atomic E-state index is 0.0626. The molecule has 78 valence electrons. The quantitative estimate of drug-likeness (QED) is 0.844. The minimum Gasteiger partial charge on any atom is -0.388 e. The first-order valence-corrected chi connectivity index (χ1v) is 5.15. The van der Waals surface area contributed by atoms with E-state index in [1.807, 2.05) is 6.92 Å². The van der Waals surface area contributed by atoms with Crippen LogP contribution in [0.1, 0.15) is 18.6 Å². The van der Waals surface area contributed by atoms with E-state index < -0.39 is 6.10 Å². The van der Waals surface area contributed by atoms with Gasteiger partial charge in [-0.3, -0.25) is 0 Å². The summed E-state index contributed by atoms with van der Waals surface area (Å²) in [6, 6.07) is 5.15. The highest BCUT2D eigenvalue weighted by Crippen LogP contribution is 2.33. The van der Waals surface area contributed by atoms with E-state index in [-0.39, 0.29) is 5.92 Å². The zero-order chi connectivity index (χ0) is 10.7. The van der Waals surface area contributed by atoms with E-state index in [2.05, 4.69) is 0 Å². The van der Waals surface area contributed by atoms with E-state index >= 15 is 0 Å². The first kappa shape index (κ1) is 11.8. The molecule has 0 amide bonds. The first-order chi connectivity index (χ1) is 6.57. The molecule has 4 heteroatoms. The summed E-state index contributed by atoms with van der Waals surface area (Å²) in [4.78, 5) is 0. The van der Waals surface area contributed by atoms with Crippen LogP contribution in [-0.4, -0.2) is 11.7 Å². The summed E-state index contributed by atoms with van der Waals surface area (Å²) >= 11 is 11.9. The number of aliphatic hydroxyl groups excluding tert-OH is 1. The van der Waals surface area contributed by atoms with Crippen LogP contribution in [-0.2, 0) is 0 Å². The molecule has 0 radical (unpaired) electrons. The summed E-state index contributed by atoms with van der Waals surface area (Å²) in [6.45, 7) is 2.24. The van der Waals surface area contributed by atoms with Crippen molar-refractivity contribution >= 4 is 23.2 Å². The Kier molecular flexibility index (Phi) is 4.20. The Balaban J connectivity index is 3.05. The molecule has 3 N–H and O–H groups in total. The standard InChI is InChI=1S/C10H13Cl2NO/c1-6(5-13)10(14)9-7(11)3-2-4-8(9)12/h2-4,6,10,14H,5,13H2,1H3. The molecule has 2 atom stereocenters. The van der Waals surface area contributed by atoms with Crippen LogP contribution in [0.5, 0.6) is 0 Å². The molecule has 2 unspecified atom stereocenters. The van der Waals surface area contributed by atoms with Crippen molar-refractivity contribution in [2.24, 2.45) is 11.7 Å². The monoisotopic (exact) mass is 233 g/mol. The molecule has 1 aromatic rings. The molecular formula is C10H13Cl2NO. The highest BCUT2D eigenvalue weighted by Gasteiger charge is 2.20. The summed E-state index contributed by atoms with van der Waals surface area (Å²) in [7, 11) is 0. The second kappa shape index (κ2) is 4.99. The molecule has 0 aromatic heterocycles. The predicted molar refractivity (Wildman–Crippen MR) is 59.6 cm³/mol. The van der Waals surface area contributed by atoms with Crippen LogP contribution in [0.4, 0.5) is 0 Å². The topological polar surface area (TPSA) is 46.2 Å². The number of halogens is 2. The van der Waals surface area contributed by atoms with Crippen molar-refractivity contribution in [3.63, 3.8) is 0 Å². The lowest BCUT2D eigenvalue weighted by Crippen LogP contribution is -2.19. The molecule has 0 saturated carbocycles. The number of hydrogen-bond acceptors (Lipinski definition) is 2. The average Bonchev–Trinajstić information content (AvgIpc) is 2.16. The fourth-order valence-electron chi connectivity index (χ4n) is 1.21. The van der Waals surface area contributed by atoms with Crippen molar-refractivity contribution in [1.82, 2.24) is 0 Å². The van der Waals surface area contributed by atoms with Crippen LogP contribution in [0, 0.1) is 5.92 Å². The lowest BCUT2D eigenvalue weighted by molar-refractivity contribution is 0.122. The normalized spacial score (nSPS) is 15.2. The summed E-state index contributed by atoms with van der Waals surface area (Å²) in [5.74, 6) is -0.0626. The maximum Gasteiger partial charge on any atom is 0.0856 e. The van der Waals surface area contributed by atoms with E-state index in [0.29, 0.717) is 22.2 Å². The van der Waals surface area contributed by atoms with Gasteiger partial charge in [-0.15, -0.1) is 0 Å². The van der Waals surface area contributed by atoms with Gasteiger partial charge >= 0.3 is 0 Å². The molecule has 2 nitrogen and oxygen atoms in total. The SMILES string of the molecule is CC(CN)C(O)c1c(Cl)cccc1Cl. The van der Waals surface area contributed by atoms with Gasteiger partial charge in [0, 0.05) is 15.6 Å². The van der Waals surface area contributed by atoms with Crippen molar-refractivity contribution < 1.29 is 5.11 Å². The van der Waals surface area contributed by atoms with E-state index in [4.69, 9.17) is 28.9 Å². The van der Waals surface area contributed by atoms with Crippen LogP contribution < -0.4 is 5.73 Å². The van der Waals surface area contributed by atoms with Crippen LogP contribution in [0.3, 0.4) is 0 Å². The van der Waals surface area contributed by atoms with Crippen LogP contribution >= 0.6 is 23.2 Å². The summed E-state index contributed by atoms with van der Waals surface area (Å²) in [5, 5.41) is 10.9. The van der Waals surface area contributed by atoms with Crippen molar-refractivity contribution in [2.45, 2.75) is 13.0 Å². The molecule has 1 aromatic carbocycles. The minimum atomic E-state index is -0.707. The van der Waals surface area contributed by atoms with E-state index in [0.717, 1.165) is 0 Å². The number of benzene rings is 1. The molecule has 0 spiro atoms. The van der Waals surface area contributed by atoms with Crippen LogP contribution in [0.2, 0.25) is 10.0 Å². The van der Waals surface area contributed by atoms with Gasteiger partial charge in [-0.2, -0.15) is 0 Å². The second-order valence-electron chi connectivity index (χ2n) is 3.29. The largest absolute Gasteiger partial charge is 0.388 e. The number of hydrogen-bond donors (Lipinski definition) is 2. The second-order valence-corrected chi connectivity index (χ2v) is 4.11. The Hall–Kier alpha value is -0.280. The highest BCUT2D eigenvalue weighted by atomic mass is 35.5. The Morgan fingerprint density at radius 2 is 1.86 bits per heavy atom. The number of nitrogens with two attached hydrogens (primary N) is 1. The molecule has 0 bridgehead atoms. The lowest BCUT2D eigenvalue weighted by atomic mass is 9.97. The molecule has 14 heavy (non-hydrogen) atoms. The molecule has 0 aliphatic carbocycles. The number of aliphatic hydroxyl groups is 1. The van der Waals surface area contributed by atoms with Crippen molar-refractivity contribution in [1.29, 1.82) is 0 Å². The fourth-order valence-corrected chi connectivity index (χ4v) is 1.83. The van der Waals surface area contributed by atoms with Gasteiger partial charge in [0.2, 0.25) is 0 Å². The third-order valence-electron chi connectivity index (χ3n) is 2.21. The summed E-state index contributed by atoms with van der Waals surface area (Å²) in [6.07, 6.45) is -0.707. The van der Waals surface area contributed by atoms with Gasteiger partial charge in [-0.25, -0.2) is 0 Å². The van der Waals surface area contributed by atoms with Gasteiger partial charge in [0.05, 0.1) is 6.10 Å². The van der Waals surface area contributed by atoms with Gasteiger partial charge in [0.1, 0.15) is 0 Å². The lowest BCUT2D eigenvalue weighted by Gasteiger charge is -2.19. The molecule has 0 aliphatic heterocycles. The Morgan fingerprint density at radius 1 is 1.36 bits per heavy atom. The van der Waals surface area contributed by atoms with Gasteiger partial charge in [-0.1, -0.05) is 36.2 Å². The molecule has 1 rings (SSSR count). The average molecular weight is 234 g/mol. The van der Waals surface area contributed by atoms with Gasteiger partial charge < -0.3 is 10.8 Å². The molecule has 0 saturated heterocycles. The predicted octanol–water partition coefficient (Wildman–Crippen LogP) is 2.62. The number of rotatable bonds is 3. The Morgan fingerprint density at radius 3 is 2.29 bits per heavy atom. The van der Waals surface area contributed by atoms with Crippen molar-refractivity contribution in [3.05, 3.63) is 33.8 Å². The van der Waals surface area contributed by atoms with Crippen LogP contribution in [0.15, 0.2) is 18.2 Å². The Labute approximate surface area is 93.6 Å². The molecule has 0 aliphatic rings.